The third-order valence-corrected chi connectivity index (χ3v) is 6.88. The van der Waals surface area contributed by atoms with Crippen molar-refractivity contribution in [2.45, 2.75) is 58.4 Å². The van der Waals surface area contributed by atoms with Crippen LogP contribution in [0, 0.1) is 0 Å². The highest BCUT2D eigenvalue weighted by Crippen LogP contribution is 2.41. The van der Waals surface area contributed by atoms with E-state index in [0.29, 0.717) is 47.0 Å². The molecule has 14 heteroatoms. The van der Waals surface area contributed by atoms with Gasteiger partial charge in [-0.05, 0) is 62.5 Å². The Balaban J connectivity index is 1.64. The molecule has 0 unspecified atom stereocenters. The van der Waals surface area contributed by atoms with Gasteiger partial charge in [-0.25, -0.2) is 19.6 Å². The molecule has 10 nitrogen and oxygen atoms in total. The van der Waals surface area contributed by atoms with E-state index in [1.165, 1.54) is 6.20 Å². The number of piperidine rings is 1. The van der Waals surface area contributed by atoms with Crippen molar-refractivity contribution in [1.82, 2.24) is 19.9 Å². The average Bonchev–Trinajstić information content (AvgIpc) is 3.29. The van der Waals surface area contributed by atoms with Crippen LogP contribution in [0.5, 0.6) is 0 Å². The van der Waals surface area contributed by atoms with Gasteiger partial charge in [-0.2, -0.15) is 13.2 Å². The number of likely N-dealkylation sites (tertiary alicyclic amines) is 1. The summed E-state index contributed by atoms with van der Waals surface area (Å²) >= 11 is 3.41. The van der Waals surface area contributed by atoms with Gasteiger partial charge >= 0.3 is 18.4 Å². The van der Waals surface area contributed by atoms with Crippen LogP contribution < -0.4 is 10.6 Å². The van der Waals surface area contributed by atoms with Gasteiger partial charge in [0.15, 0.2) is 0 Å². The normalized spacial score (nSPS) is 16.1. The summed E-state index contributed by atoms with van der Waals surface area (Å²) in [6.07, 6.45) is -2.28. The number of aromatic amines is 1. The molecule has 2 aromatic heterocycles. The molecule has 4 rings (SSSR count). The number of carbonyl (C=O) groups excluding carboxylic acids is 2. The number of ether oxygens (including phenoxy) is 2. The van der Waals surface area contributed by atoms with E-state index in [9.17, 15) is 22.8 Å². The number of fused-ring (bicyclic) bond motifs is 1. The Kier molecular flexibility index (Phi) is 8.47. The fourth-order valence-electron chi connectivity index (χ4n) is 4.37. The largest absolute Gasteiger partial charge is 0.450 e. The second kappa shape index (κ2) is 11.5. The summed E-state index contributed by atoms with van der Waals surface area (Å²) in [6.45, 7) is 8.01. The van der Waals surface area contributed by atoms with Crippen LogP contribution in [0.1, 0.15) is 46.1 Å². The number of rotatable bonds is 5. The Morgan fingerprint density at radius 1 is 1.25 bits per heavy atom. The molecule has 1 aliphatic rings. The van der Waals surface area contributed by atoms with E-state index in [1.807, 2.05) is 0 Å². The number of amides is 2. The summed E-state index contributed by atoms with van der Waals surface area (Å²) in [5.41, 5.74) is -0.905. The Morgan fingerprint density at radius 2 is 2.00 bits per heavy atom. The number of H-pyrrole nitrogens is 1. The quantitative estimate of drug-likeness (QED) is 0.285. The van der Waals surface area contributed by atoms with Gasteiger partial charge in [-0.1, -0.05) is 6.07 Å². The number of hydrogen-bond donors (Lipinski definition) is 3. The van der Waals surface area contributed by atoms with E-state index in [-0.39, 0.29) is 29.9 Å². The summed E-state index contributed by atoms with van der Waals surface area (Å²) in [4.78, 5) is 37.1. The summed E-state index contributed by atoms with van der Waals surface area (Å²) in [6, 6.07) is 2.86. The van der Waals surface area contributed by atoms with Crippen LogP contribution in [-0.4, -0.2) is 63.4 Å². The third-order valence-electron chi connectivity index (χ3n) is 6.06. The van der Waals surface area contributed by atoms with Gasteiger partial charge in [0.1, 0.15) is 11.2 Å². The lowest BCUT2D eigenvalue weighted by Gasteiger charge is -2.34. The first kappa shape index (κ1) is 29.4. The van der Waals surface area contributed by atoms with Gasteiger partial charge < -0.3 is 24.7 Å². The van der Waals surface area contributed by atoms with Crippen molar-refractivity contribution in [2.75, 3.05) is 30.3 Å². The van der Waals surface area contributed by atoms with Gasteiger partial charge in [-0.15, -0.1) is 0 Å². The van der Waals surface area contributed by atoms with Crippen molar-refractivity contribution in [1.29, 1.82) is 0 Å². The van der Waals surface area contributed by atoms with E-state index in [4.69, 9.17) is 9.47 Å². The molecule has 0 spiro atoms. The molecule has 0 bridgehead atoms. The van der Waals surface area contributed by atoms with Gasteiger partial charge in [0.2, 0.25) is 5.95 Å². The highest BCUT2D eigenvalue weighted by molar-refractivity contribution is 9.10. The van der Waals surface area contributed by atoms with Crippen LogP contribution in [0.4, 0.5) is 34.4 Å². The summed E-state index contributed by atoms with van der Waals surface area (Å²) < 4.78 is 52.9. The first-order valence-corrected chi connectivity index (χ1v) is 13.5. The molecular weight excluding hydrogens is 597 g/mol. The second-order valence-corrected chi connectivity index (χ2v) is 11.1. The van der Waals surface area contributed by atoms with Gasteiger partial charge in [0.25, 0.3) is 0 Å². The molecule has 3 aromatic rings. The second-order valence-electron chi connectivity index (χ2n) is 10.3. The number of nitrogens with one attached hydrogen (secondary N) is 3. The number of aromatic nitrogens is 3. The molecule has 1 atom stereocenters. The van der Waals surface area contributed by atoms with E-state index < -0.39 is 29.5 Å². The summed E-state index contributed by atoms with van der Waals surface area (Å²) in [5.74, 6) is 0.00746. The van der Waals surface area contributed by atoms with Crippen LogP contribution in [0.25, 0.3) is 22.2 Å². The minimum absolute atomic E-state index is 0.00746. The summed E-state index contributed by atoms with van der Waals surface area (Å²) in [7, 11) is 0. The topological polar surface area (TPSA) is 121 Å². The number of carbonyl (C=O) groups is 2. The summed E-state index contributed by atoms with van der Waals surface area (Å²) in [5, 5.41) is 6.13. The van der Waals surface area contributed by atoms with Crippen molar-refractivity contribution in [3.05, 3.63) is 34.6 Å². The van der Waals surface area contributed by atoms with E-state index >= 15 is 0 Å². The molecule has 216 valence electrons. The van der Waals surface area contributed by atoms with E-state index in [2.05, 4.69) is 41.5 Å². The molecule has 0 saturated carbocycles. The van der Waals surface area contributed by atoms with Crippen molar-refractivity contribution < 1.29 is 32.2 Å². The third kappa shape index (κ3) is 6.77. The fraction of sp³-hybridized carbons (Fsp3) is 0.462. The van der Waals surface area contributed by atoms with Gasteiger partial charge in [0, 0.05) is 42.5 Å². The lowest BCUT2D eigenvalue weighted by Crippen LogP contribution is -2.47. The first-order chi connectivity index (χ1) is 18.8. The highest BCUT2D eigenvalue weighted by Gasteiger charge is 2.36. The van der Waals surface area contributed by atoms with Crippen LogP contribution in [0.15, 0.2) is 29.0 Å². The van der Waals surface area contributed by atoms with Crippen molar-refractivity contribution in [2.24, 2.45) is 0 Å². The number of benzene rings is 1. The Hall–Kier alpha value is -3.55. The Labute approximate surface area is 237 Å². The lowest BCUT2D eigenvalue weighted by atomic mass is 10.0. The first-order valence-electron chi connectivity index (χ1n) is 12.7. The van der Waals surface area contributed by atoms with Crippen molar-refractivity contribution in [3.8, 4) is 11.3 Å². The van der Waals surface area contributed by atoms with Crippen LogP contribution in [0.3, 0.4) is 0 Å². The molecular formula is C26H30BrF3N6O4. The number of halogens is 4. The van der Waals surface area contributed by atoms with Gasteiger partial charge in [0.05, 0.1) is 28.0 Å². The maximum atomic E-state index is 14.0. The van der Waals surface area contributed by atoms with Crippen molar-refractivity contribution in [3.63, 3.8) is 0 Å². The van der Waals surface area contributed by atoms with Gasteiger partial charge in [-0.3, -0.25) is 5.32 Å². The highest BCUT2D eigenvalue weighted by atomic mass is 79.9. The average molecular weight is 627 g/mol. The standard InChI is InChI=1S/C26H30BrF3N6O4/c1-5-39-23(37)34-18-9-8-15-16(11-31-21(15)19(18)27)20-17(26(28,29)30)12-32-22(35-20)33-14-7-6-10-36(13-14)24(38)40-25(2,3)4/h8-9,11-12,14,31H,5-7,10,13H2,1-4H3,(H,34,37)(H,32,33,35)/t14-/m0/s1. The Bertz CT molecular complexity index is 1410. The molecule has 3 heterocycles. The number of hydrogen-bond acceptors (Lipinski definition) is 7. The maximum absolute atomic E-state index is 14.0. The zero-order chi connectivity index (χ0) is 29.2. The molecule has 1 fully saturated rings. The number of nitrogens with zero attached hydrogens (tertiary/aromatic N) is 3. The Morgan fingerprint density at radius 3 is 2.67 bits per heavy atom. The van der Waals surface area contributed by atoms with E-state index in [1.54, 1.807) is 44.7 Å². The molecule has 40 heavy (non-hydrogen) atoms. The minimum atomic E-state index is -4.71. The zero-order valence-corrected chi connectivity index (χ0v) is 24.0. The maximum Gasteiger partial charge on any atom is 0.419 e. The number of anilines is 2. The molecule has 3 N–H and O–H groups in total. The predicted molar refractivity (Wildman–Crippen MR) is 147 cm³/mol. The molecule has 2 amide bonds. The molecule has 0 aliphatic carbocycles. The molecule has 1 aromatic carbocycles. The zero-order valence-electron chi connectivity index (χ0n) is 22.4. The van der Waals surface area contributed by atoms with Crippen LogP contribution >= 0.6 is 15.9 Å². The van der Waals surface area contributed by atoms with Crippen LogP contribution in [-0.2, 0) is 15.7 Å². The molecule has 0 radical (unpaired) electrons. The van der Waals surface area contributed by atoms with Crippen LogP contribution in [0.2, 0.25) is 0 Å². The molecule has 1 saturated heterocycles. The lowest BCUT2D eigenvalue weighted by molar-refractivity contribution is -0.137. The minimum Gasteiger partial charge on any atom is -0.450 e. The van der Waals surface area contributed by atoms with Crippen molar-refractivity contribution >= 4 is 50.7 Å². The predicted octanol–water partition coefficient (Wildman–Crippen LogP) is 6.79. The molecule has 1 aliphatic heterocycles. The van der Waals surface area contributed by atoms with E-state index in [0.717, 1.165) is 6.20 Å². The monoisotopic (exact) mass is 626 g/mol. The smallest absolute Gasteiger partial charge is 0.419 e. The fourth-order valence-corrected chi connectivity index (χ4v) is 4.93. The SMILES string of the molecule is CCOC(=O)Nc1ccc2c(-c3nc(N[C@H]4CCCN(C(=O)OC(C)(C)C)C4)ncc3C(F)(F)F)c[nH]c2c1Br. The number of alkyl halides is 3.